The zero-order chi connectivity index (χ0) is 25.9. The van der Waals surface area contributed by atoms with Gasteiger partial charge in [-0.3, -0.25) is 9.59 Å². The molecule has 0 aromatic rings. The van der Waals surface area contributed by atoms with Crippen molar-refractivity contribution in [1.82, 2.24) is 16.0 Å². The fraction of sp³-hybridized carbons (Fsp3) is 0.810. The molecule has 7 N–H and O–H groups in total. The number of esters is 1. The van der Waals surface area contributed by atoms with Gasteiger partial charge in [0.05, 0.1) is 36.8 Å². The number of carboxylic acid groups (broad SMARTS) is 1. The van der Waals surface area contributed by atoms with Crippen LogP contribution in [0.2, 0.25) is 0 Å². The van der Waals surface area contributed by atoms with Gasteiger partial charge in [-0.1, -0.05) is 13.3 Å². The van der Waals surface area contributed by atoms with Crippen LogP contribution in [0.15, 0.2) is 0 Å². The number of fused-ring (bicyclic) bond motifs is 1. The van der Waals surface area contributed by atoms with Crippen LogP contribution in [-0.2, 0) is 23.9 Å². The molecule has 3 fully saturated rings. The first-order valence-corrected chi connectivity index (χ1v) is 12.6. The highest BCUT2D eigenvalue weighted by molar-refractivity contribution is 8.00. The molecule has 3 rings (SSSR count). The fourth-order valence-electron chi connectivity index (χ4n) is 4.82. The molecule has 14 heteroatoms. The Bertz CT molecular complexity index is 831. The Morgan fingerprint density at radius 3 is 2.66 bits per heavy atom. The number of carbonyl (C=O) groups is 4. The van der Waals surface area contributed by atoms with Gasteiger partial charge in [0.25, 0.3) is 0 Å². The van der Waals surface area contributed by atoms with Gasteiger partial charge in [0, 0.05) is 24.3 Å². The summed E-state index contributed by atoms with van der Waals surface area (Å²) >= 11 is 1.74. The molecule has 0 radical (unpaired) electrons. The first-order valence-electron chi connectivity index (χ1n) is 11.6. The van der Waals surface area contributed by atoms with E-state index in [4.69, 9.17) is 9.47 Å². The normalized spacial score (nSPS) is 37.1. The topological polar surface area (TPSA) is 204 Å². The van der Waals surface area contributed by atoms with E-state index in [9.17, 15) is 39.6 Å². The Balaban J connectivity index is 1.61. The Hall–Kier alpha value is -2.13. The smallest absolute Gasteiger partial charge is 0.377 e. The average Bonchev–Trinajstić information content (AvgIpc) is 3.34. The van der Waals surface area contributed by atoms with Gasteiger partial charge in [-0.15, -0.1) is 0 Å². The summed E-state index contributed by atoms with van der Waals surface area (Å²) < 4.78 is 10.8. The highest BCUT2D eigenvalue weighted by Crippen LogP contribution is 2.38. The van der Waals surface area contributed by atoms with Crippen molar-refractivity contribution in [2.75, 3.05) is 12.4 Å². The molecule has 0 spiro atoms. The number of aliphatic carboxylic acids is 1. The third kappa shape index (κ3) is 5.82. The molecule has 0 saturated carbocycles. The maximum Gasteiger partial charge on any atom is 0.377 e. The third-order valence-electron chi connectivity index (χ3n) is 6.70. The molecule has 0 bridgehead atoms. The van der Waals surface area contributed by atoms with Crippen LogP contribution in [0.25, 0.3) is 0 Å². The van der Waals surface area contributed by atoms with Crippen molar-refractivity contribution in [2.24, 2.45) is 5.92 Å². The number of urea groups is 1. The van der Waals surface area contributed by atoms with E-state index < -0.39 is 60.5 Å². The Morgan fingerprint density at radius 1 is 1.31 bits per heavy atom. The largest absolute Gasteiger partial charge is 0.476 e. The van der Waals surface area contributed by atoms with Crippen molar-refractivity contribution >= 4 is 35.6 Å². The van der Waals surface area contributed by atoms with Crippen LogP contribution in [0.5, 0.6) is 0 Å². The van der Waals surface area contributed by atoms with Crippen LogP contribution in [0, 0.1) is 5.92 Å². The van der Waals surface area contributed by atoms with Crippen LogP contribution in [0.4, 0.5) is 4.79 Å². The molecule has 0 aliphatic carbocycles. The zero-order valence-electron chi connectivity index (χ0n) is 19.5. The Labute approximate surface area is 206 Å². The number of aliphatic hydroxyl groups is 3. The minimum absolute atomic E-state index is 0.0409. The van der Waals surface area contributed by atoms with Crippen LogP contribution < -0.4 is 16.0 Å². The lowest BCUT2D eigenvalue weighted by Gasteiger charge is -2.48. The lowest BCUT2D eigenvalue weighted by Crippen LogP contribution is -2.71. The molecule has 3 aliphatic rings. The number of amides is 3. The maximum absolute atomic E-state index is 12.6. The van der Waals surface area contributed by atoms with Gasteiger partial charge in [-0.25, -0.2) is 9.59 Å². The van der Waals surface area contributed by atoms with Crippen LogP contribution in [-0.4, -0.2) is 104 Å². The number of nitrogens with one attached hydrogen (secondary N) is 3. The first kappa shape index (κ1) is 27.5. The summed E-state index contributed by atoms with van der Waals surface area (Å²) in [6, 6.07) is -1.28. The van der Waals surface area contributed by atoms with Crippen molar-refractivity contribution < 1.29 is 49.1 Å². The molecule has 0 aromatic heterocycles. The van der Waals surface area contributed by atoms with Crippen LogP contribution in [0.1, 0.15) is 39.5 Å². The number of rotatable bonds is 10. The molecular weight excluding hydrogens is 486 g/mol. The summed E-state index contributed by atoms with van der Waals surface area (Å²) in [5.74, 6) is -6.25. The molecular formula is C21H33N3O10S. The summed E-state index contributed by atoms with van der Waals surface area (Å²) in [5.41, 5.74) is 0. The maximum atomic E-state index is 12.6. The van der Waals surface area contributed by atoms with E-state index in [1.807, 2.05) is 0 Å². The molecule has 13 nitrogen and oxygen atoms in total. The molecule has 35 heavy (non-hydrogen) atoms. The van der Waals surface area contributed by atoms with Gasteiger partial charge in [0.15, 0.2) is 0 Å². The van der Waals surface area contributed by atoms with Gasteiger partial charge in [0.2, 0.25) is 5.91 Å². The molecule has 9 atom stereocenters. The van der Waals surface area contributed by atoms with E-state index in [1.165, 1.54) is 13.8 Å². The lowest BCUT2D eigenvalue weighted by molar-refractivity contribution is -0.318. The molecule has 3 saturated heterocycles. The van der Waals surface area contributed by atoms with Crippen molar-refractivity contribution in [1.29, 1.82) is 0 Å². The van der Waals surface area contributed by atoms with Gasteiger partial charge in [0.1, 0.15) is 12.2 Å². The molecule has 0 aromatic carbocycles. The molecule has 3 amide bonds. The van der Waals surface area contributed by atoms with E-state index in [0.717, 1.165) is 12.2 Å². The molecule has 3 aliphatic heterocycles. The second-order valence-corrected chi connectivity index (χ2v) is 10.4. The average molecular weight is 520 g/mol. The number of thioether (sulfide) groups is 1. The Kier molecular flexibility index (Phi) is 8.86. The summed E-state index contributed by atoms with van der Waals surface area (Å²) in [4.78, 5) is 47.8. The minimum atomic E-state index is -2.62. The van der Waals surface area contributed by atoms with Crippen molar-refractivity contribution in [3.05, 3.63) is 0 Å². The van der Waals surface area contributed by atoms with Crippen molar-refractivity contribution in [3.63, 3.8) is 0 Å². The number of carboxylic acids is 1. The van der Waals surface area contributed by atoms with E-state index in [2.05, 4.69) is 16.0 Å². The highest BCUT2D eigenvalue weighted by atomic mass is 32.2. The standard InChI is InChI=1S/C21H33N3O10S/c1-9-17(29)16(22-10(2)26)18(12(27)7-25)34-21(9,19(30)31)33-14(28)6-4-3-5-13-15-11(8-35-13)23-20(32)24-15/h9,11-13,15-18,25,27,29H,3-8H2,1-2H3,(H,22,26)(H,30,31)(H2,23,24,32)/t9-,11+,12?,13?,15+,16-,17+,18+,21-/m1/s1. The third-order valence-corrected chi connectivity index (χ3v) is 8.21. The summed E-state index contributed by atoms with van der Waals surface area (Å²) in [5, 5.41) is 48.6. The van der Waals surface area contributed by atoms with E-state index >= 15 is 0 Å². The number of unbranched alkanes of at least 4 members (excludes halogenated alkanes) is 1. The van der Waals surface area contributed by atoms with E-state index in [-0.39, 0.29) is 29.8 Å². The number of hydrogen-bond acceptors (Lipinski definition) is 10. The van der Waals surface area contributed by atoms with Gasteiger partial charge in [-0.2, -0.15) is 11.8 Å². The van der Waals surface area contributed by atoms with Crippen molar-refractivity contribution in [3.8, 4) is 0 Å². The zero-order valence-corrected chi connectivity index (χ0v) is 20.3. The predicted molar refractivity (Wildman–Crippen MR) is 121 cm³/mol. The van der Waals surface area contributed by atoms with Crippen LogP contribution >= 0.6 is 11.8 Å². The molecule has 198 valence electrons. The number of aliphatic hydroxyl groups excluding tert-OH is 3. The van der Waals surface area contributed by atoms with Gasteiger partial charge >= 0.3 is 23.8 Å². The number of carbonyl (C=O) groups excluding carboxylic acids is 3. The van der Waals surface area contributed by atoms with Crippen molar-refractivity contribution in [2.45, 2.75) is 87.0 Å². The highest BCUT2D eigenvalue weighted by Gasteiger charge is 2.61. The van der Waals surface area contributed by atoms with Gasteiger partial charge < -0.3 is 45.9 Å². The fourth-order valence-corrected chi connectivity index (χ4v) is 6.36. The number of ether oxygens (including phenoxy) is 2. The van der Waals surface area contributed by atoms with E-state index in [0.29, 0.717) is 12.8 Å². The predicted octanol–water partition coefficient (Wildman–Crippen LogP) is -1.71. The lowest BCUT2D eigenvalue weighted by atomic mass is 9.82. The second kappa shape index (κ2) is 11.3. The minimum Gasteiger partial charge on any atom is -0.476 e. The number of hydrogen-bond donors (Lipinski definition) is 7. The van der Waals surface area contributed by atoms with E-state index in [1.54, 1.807) is 11.8 Å². The Morgan fingerprint density at radius 2 is 2.03 bits per heavy atom. The van der Waals surface area contributed by atoms with Gasteiger partial charge in [-0.05, 0) is 12.8 Å². The second-order valence-electron chi connectivity index (χ2n) is 9.15. The first-order chi connectivity index (χ1) is 16.5. The summed E-state index contributed by atoms with van der Waals surface area (Å²) in [6.07, 6.45) is -3.10. The quantitative estimate of drug-likeness (QED) is 0.0983. The summed E-state index contributed by atoms with van der Waals surface area (Å²) in [7, 11) is 0. The molecule has 3 heterocycles. The van der Waals surface area contributed by atoms with Crippen LogP contribution in [0.3, 0.4) is 0 Å². The SMILES string of the molecule is CC(=O)N[C@@H]1[C@@H](O)[C@@H](C)[C@](OC(=O)CCCCC2SC[C@@H]3NC(=O)N[C@H]23)(C(=O)O)O[C@H]1C(O)CO. The summed E-state index contributed by atoms with van der Waals surface area (Å²) in [6.45, 7) is 1.61. The monoisotopic (exact) mass is 519 g/mol. The molecule has 2 unspecified atom stereocenters.